The summed E-state index contributed by atoms with van der Waals surface area (Å²) >= 11 is 1.68. The lowest BCUT2D eigenvalue weighted by Crippen LogP contribution is -2.29. The summed E-state index contributed by atoms with van der Waals surface area (Å²) in [6.45, 7) is 10.3. The highest BCUT2D eigenvalue weighted by Crippen LogP contribution is 2.23. The number of benzene rings is 1. The highest BCUT2D eigenvalue weighted by molar-refractivity contribution is 7.98. The first-order valence-corrected chi connectivity index (χ1v) is 9.87. The fourth-order valence-electron chi connectivity index (χ4n) is 2.27. The van der Waals surface area contributed by atoms with E-state index in [1.54, 1.807) is 41.1 Å². The number of aliphatic hydroxyl groups is 1. The van der Waals surface area contributed by atoms with Crippen molar-refractivity contribution in [3.63, 3.8) is 0 Å². The monoisotopic (exact) mass is 390 g/mol. The molecule has 1 heterocycles. The Morgan fingerprint density at radius 1 is 1.30 bits per heavy atom. The van der Waals surface area contributed by atoms with E-state index in [9.17, 15) is 9.90 Å². The quantitative estimate of drug-likeness (QED) is 0.627. The molecule has 0 aromatic heterocycles. The van der Waals surface area contributed by atoms with E-state index in [1.807, 2.05) is 45.2 Å². The summed E-state index contributed by atoms with van der Waals surface area (Å²) in [5.74, 6) is -0.992. The highest BCUT2D eigenvalue weighted by atomic mass is 32.2. The van der Waals surface area contributed by atoms with Gasteiger partial charge in [0.15, 0.2) is 5.70 Å². The first kappa shape index (κ1) is 24.6. The van der Waals surface area contributed by atoms with Crippen LogP contribution in [0.5, 0.6) is 0 Å². The van der Waals surface area contributed by atoms with Crippen LogP contribution >= 0.6 is 11.8 Å². The Morgan fingerprint density at radius 2 is 1.96 bits per heavy atom. The second-order valence-corrected chi connectivity index (χ2v) is 5.83. The standard InChI is InChI=1S/C18H20N2O2S.C2H6.CH4O/c1-4-10-20-13(2)8-9-16(17(20)18(21)22)19-12-14-6-5-7-15(11-14)23-3;2*1-2/h4-11,19H,2,12H2,1,3H3,(H,21,22);1-2H3;2H,1H3/b10-4-;;. The van der Waals surface area contributed by atoms with E-state index in [0.717, 1.165) is 12.7 Å². The number of aliphatic hydroxyl groups excluding tert-OH is 1. The molecule has 1 aliphatic heterocycles. The summed E-state index contributed by atoms with van der Waals surface area (Å²) in [6.07, 6.45) is 9.07. The minimum absolute atomic E-state index is 0.177. The number of carboxylic acids is 1. The molecular formula is C21H30N2O3S. The van der Waals surface area contributed by atoms with E-state index < -0.39 is 5.97 Å². The van der Waals surface area contributed by atoms with Crippen LogP contribution in [0.1, 0.15) is 26.3 Å². The Morgan fingerprint density at radius 3 is 2.52 bits per heavy atom. The summed E-state index contributed by atoms with van der Waals surface area (Å²) < 4.78 is 0. The molecule has 27 heavy (non-hydrogen) atoms. The van der Waals surface area contributed by atoms with E-state index in [2.05, 4.69) is 18.0 Å². The predicted molar refractivity (Wildman–Crippen MR) is 114 cm³/mol. The maximum Gasteiger partial charge on any atom is 0.355 e. The van der Waals surface area contributed by atoms with Gasteiger partial charge in [0.2, 0.25) is 0 Å². The number of carboxylic acid groups (broad SMARTS) is 1. The second kappa shape index (κ2) is 13.7. The van der Waals surface area contributed by atoms with Gasteiger partial charge < -0.3 is 20.4 Å². The molecule has 1 aliphatic rings. The molecule has 0 radical (unpaired) electrons. The lowest BCUT2D eigenvalue weighted by Gasteiger charge is -2.27. The Bertz CT molecular complexity index is 709. The predicted octanol–water partition coefficient (Wildman–Crippen LogP) is 4.35. The van der Waals surface area contributed by atoms with Crippen LogP contribution < -0.4 is 5.32 Å². The zero-order chi connectivity index (χ0) is 20.8. The van der Waals surface area contributed by atoms with Gasteiger partial charge in [-0.25, -0.2) is 4.79 Å². The number of allylic oxidation sites excluding steroid dienone is 3. The molecule has 0 aliphatic carbocycles. The van der Waals surface area contributed by atoms with E-state index in [0.29, 0.717) is 17.9 Å². The third kappa shape index (κ3) is 7.37. The van der Waals surface area contributed by atoms with E-state index in [4.69, 9.17) is 5.11 Å². The summed E-state index contributed by atoms with van der Waals surface area (Å²) in [5.41, 5.74) is 2.47. The van der Waals surface area contributed by atoms with E-state index >= 15 is 0 Å². The van der Waals surface area contributed by atoms with Gasteiger partial charge in [-0.1, -0.05) is 38.6 Å². The number of carbonyl (C=O) groups is 1. The second-order valence-electron chi connectivity index (χ2n) is 4.95. The summed E-state index contributed by atoms with van der Waals surface area (Å²) in [4.78, 5) is 14.4. The molecule has 0 saturated heterocycles. The first-order chi connectivity index (χ1) is 13.1. The molecule has 0 unspecified atom stereocenters. The van der Waals surface area contributed by atoms with Crippen molar-refractivity contribution < 1.29 is 15.0 Å². The van der Waals surface area contributed by atoms with Crippen molar-refractivity contribution in [2.24, 2.45) is 0 Å². The highest BCUT2D eigenvalue weighted by Gasteiger charge is 2.23. The molecule has 5 nitrogen and oxygen atoms in total. The third-order valence-electron chi connectivity index (χ3n) is 3.37. The Labute approximate surface area is 166 Å². The summed E-state index contributed by atoms with van der Waals surface area (Å²) in [6, 6.07) is 8.16. The van der Waals surface area contributed by atoms with Gasteiger partial charge in [-0.3, -0.25) is 0 Å². The number of hydrogen-bond donors (Lipinski definition) is 3. The maximum atomic E-state index is 11.7. The molecule has 0 spiro atoms. The summed E-state index contributed by atoms with van der Waals surface area (Å²) in [7, 11) is 1.00. The van der Waals surface area contributed by atoms with Crippen molar-refractivity contribution in [2.45, 2.75) is 32.2 Å². The van der Waals surface area contributed by atoms with Crippen molar-refractivity contribution in [1.82, 2.24) is 10.2 Å². The number of thioether (sulfide) groups is 1. The van der Waals surface area contributed by atoms with Gasteiger partial charge in [-0.2, -0.15) is 0 Å². The Kier molecular flexibility index (Phi) is 12.5. The van der Waals surface area contributed by atoms with Crippen molar-refractivity contribution in [3.8, 4) is 0 Å². The van der Waals surface area contributed by atoms with Gasteiger partial charge in [0.1, 0.15) is 0 Å². The number of rotatable bonds is 6. The molecule has 0 atom stereocenters. The van der Waals surface area contributed by atoms with Crippen LogP contribution in [-0.2, 0) is 11.3 Å². The molecule has 0 bridgehead atoms. The van der Waals surface area contributed by atoms with Crippen molar-refractivity contribution in [1.29, 1.82) is 0 Å². The summed E-state index contributed by atoms with van der Waals surface area (Å²) in [5, 5.41) is 19.8. The fourth-order valence-corrected chi connectivity index (χ4v) is 2.76. The molecule has 2 rings (SSSR count). The number of nitrogens with zero attached hydrogens (tertiary/aromatic N) is 1. The van der Waals surface area contributed by atoms with Crippen LogP contribution in [0.4, 0.5) is 0 Å². The first-order valence-electron chi connectivity index (χ1n) is 8.65. The molecule has 148 valence electrons. The molecular weight excluding hydrogens is 360 g/mol. The third-order valence-corrected chi connectivity index (χ3v) is 4.09. The number of aliphatic carboxylic acids is 1. The normalized spacial score (nSPS) is 13.0. The zero-order valence-corrected chi connectivity index (χ0v) is 17.5. The number of hydrogen-bond acceptors (Lipinski definition) is 5. The zero-order valence-electron chi connectivity index (χ0n) is 16.7. The van der Waals surface area contributed by atoms with Gasteiger partial charge in [-0.15, -0.1) is 11.8 Å². The van der Waals surface area contributed by atoms with Gasteiger partial charge in [0, 0.05) is 30.4 Å². The minimum Gasteiger partial charge on any atom is -0.476 e. The van der Waals surface area contributed by atoms with Crippen LogP contribution in [0.25, 0.3) is 0 Å². The van der Waals surface area contributed by atoms with E-state index in [-0.39, 0.29) is 5.70 Å². The average Bonchev–Trinajstić information content (AvgIpc) is 2.71. The molecule has 0 fully saturated rings. The van der Waals surface area contributed by atoms with Crippen molar-refractivity contribution in [3.05, 3.63) is 77.9 Å². The Hall–Kier alpha value is -2.44. The molecule has 1 aromatic rings. The Balaban J connectivity index is 0.00000158. The van der Waals surface area contributed by atoms with Gasteiger partial charge in [0.25, 0.3) is 0 Å². The number of nitrogens with one attached hydrogen (secondary N) is 1. The molecule has 3 N–H and O–H groups in total. The molecule has 1 aromatic carbocycles. The van der Waals surface area contributed by atoms with Gasteiger partial charge in [0.05, 0.1) is 5.70 Å². The van der Waals surface area contributed by atoms with E-state index in [1.165, 1.54) is 4.90 Å². The van der Waals surface area contributed by atoms with Crippen LogP contribution in [-0.4, -0.2) is 34.4 Å². The SMILES string of the molecule is C=C1C=CC(NCc2cccc(SC)c2)=C(C(=O)O)N1/C=C\C.CC.CO. The van der Waals surface area contributed by atoms with Crippen LogP contribution in [0.15, 0.2) is 77.3 Å². The molecule has 6 heteroatoms. The van der Waals surface area contributed by atoms with Crippen LogP contribution in [0.2, 0.25) is 0 Å². The van der Waals surface area contributed by atoms with Crippen molar-refractivity contribution in [2.75, 3.05) is 13.4 Å². The molecule has 0 saturated carbocycles. The minimum atomic E-state index is -0.992. The smallest absolute Gasteiger partial charge is 0.355 e. The average molecular weight is 391 g/mol. The van der Waals surface area contributed by atoms with Gasteiger partial charge in [-0.05, 0) is 43.0 Å². The van der Waals surface area contributed by atoms with Crippen LogP contribution in [0, 0.1) is 0 Å². The fraction of sp³-hybridized carbons (Fsp3) is 0.286. The lowest BCUT2D eigenvalue weighted by molar-refractivity contribution is -0.134. The van der Waals surface area contributed by atoms with Crippen molar-refractivity contribution >= 4 is 17.7 Å². The largest absolute Gasteiger partial charge is 0.476 e. The topological polar surface area (TPSA) is 72.8 Å². The maximum absolute atomic E-state index is 11.7. The van der Waals surface area contributed by atoms with Crippen LogP contribution in [0.3, 0.4) is 0 Å². The van der Waals surface area contributed by atoms with Gasteiger partial charge >= 0.3 is 5.97 Å². The lowest BCUT2D eigenvalue weighted by atomic mass is 10.1. The molecule has 0 amide bonds.